The van der Waals surface area contributed by atoms with E-state index in [1.165, 1.54) is 11.9 Å². The predicted octanol–water partition coefficient (Wildman–Crippen LogP) is -1.08. The molecule has 0 aromatic carbocycles. The van der Waals surface area contributed by atoms with Crippen molar-refractivity contribution in [3.05, 3.63) is 69.6 Å². The first-order chi connectivity index (χ1) is 31.8. The molecule has 0 aliphatic carbocycles. The van der Waals surface area contributed by atoms with E-state index >= 15 is 0 Å². The van der Waals surface area contributed by atoms with E-state index in [-0.39, 0.29) is 25.8 Å². The quantitative estimate of drug-likeness (QED) is 0.0347. The van der Waals surface area contributed by atoms with Crippen LogP contribution in [0.1, 0.15) is 77.9 Å². The molecular weight excluding hydrogens is 887 g/mol. The Hall–Kier alpha value is -5.11. The maximum absolute atomic E-state index is 14.5. The Morgan fingerprint density at radius 3 is 2.18 bits per heavy atom. The molecule has 6 unspecified atom stereocenters. The van der Waals surface area contributed by atoms with Gasteiger partial charge in [-0.2, -0.15) is 0 Å². The normalized spacial score (nSPS) is 29.7. The highest BCUT2D eigenvalue weighted by Crippen LogP contribution is 2.36. The highest BCUT2D eigenvalue weighted by Gasteiger charge is 2.57. The standard InChI is InChI=1S/C44H65N5O18/c1-5-6-7-8-9-10-11-12-13-14-15-16-25(63-30(53)20-24(2)19-29(51)52)21-31(54)64-27-23-47(3)33(40(59)48(4)32(27)42(60)61)38(67-43-37(58)34(55)26(22-45)65-43)39-35(56)36(57)41(66-39)49-18-17-28(50)46-44(49)62/h6-7,9-10,12-13,17-18,24-27,32-39,41,43,55-58H,5,8,11,14-16,19-23,45H2,1-4H3,(H,51,52)(H,60,61)(H,46,50,62)/b7-6-,10-9-,13-12-/t24?,25?,26-,27?,32?,33?,34-,35+,36-,37-,38?,39+,41-,43+/m1/s1. The second-order valence-electron chi connectivity index (χ2n) is 16.9. The zero-order valence-electron chi connectivity index (χ0n) is 38.0. The van der Waals surface area contributed by atoms with Crippen molar-refractivity contribution in [3.63, 3.8) is 0 Å². The molecule has 23 heteroatoms. The lowest BCUT2D eigenvalue weighted by molar-refractivity contribution is -0.233. The molecule has 3 fully saturated rings. The molecule has 1 aromatic heterocycles. The van der Waals surface area contributed by atoms with Crippen LogP contribution in [0.2, 0.25) is 0 Å². The molecule has 23 nitrogen and oxygen atoms in total. The molecule has 1 aromatic rings. The third-order valence-electron chi connectivity index (χ3n) is 11.6. The number of H-pyrrole nitrogens is 1. The number of esters is 2. The monoisotopic (exact) mass is 951 g/mol. The van der Waals surface area contributed by atoms with Crippen molar-refractivity contribution in [1.29, 1.82) is 0 Å². The number of hydrogen-bond acceptors (Lipinski definition) is 18. The van der Waals surface area contributed by atoms with Gasteiger partial charge in [0.25, 0.3) is 5.56 Å². The number of aromatic nitrogens is 2. The van der Waals surface area contributed by atoms with Gasteiger partial charge < -0.3 is 65.0 Å². The third-order valence-corrected chi connectivity index (χ3v) is 11.6. The van der Waals surface area contributed by atoms with E-state index in [1.807, 2.05) is 29.3 Å². The van der Waals surface area contributed by atoms with Crippen molar-refractivity contribution in [3.8, 4) is 0 Å². The van der Waals surface area contributed by atoms with Crippen LogP contribution in [0.25, 0.3) is 0 Å². The van der Waals surface area contributed by atoms with Crippen molar-refractivity contribution >= 4 is 29.8 Å². The SMILES string of the molecule is CC/C=C\C/C=C\C/C=C\CCCC(CC(=O)OC1CN(C)C(C(O[C@@H]2O[C@H](CN)[C@@H](O)[C@H]2O)[C@H]2O[C@@H](n3ccc(=O)[nH]c3=O)[C@H](O)[C@@H]2O)C(=O)N(C)C1C(=O)O)OC(=O)CC(C)CC(=O)O. The van der Waals surface area contributed by atoms with Crippen LogP contribution in [-0.4, -0.2) is 180 Å². The zero-order chi connectivity index (χ0) is 49.5. The van der Waals surface area contributed by atoms with Crippen LogP contribution in [0.5, 0.6) is 0 Å². The van der Waals surface area contributed by atoms with Crippen molar-refractivity contribution in [2.24, 2.45) is 11.7 Å². The fraction of sp³-hybridized carbons (Fsp3) is 0.659. The number of aromatic amines is 1. The molecule has 67 heavy (non-hydrogen) atoms. The number of likely N-dealkylation sites (N-methyl/N-ethyl adjacent to an activating group) is 2. The smallest absolute Gasteiger partial charge is 0.330 e. The van der Waals surface area contributed by atoms with Gasteiger partial charge >= 0.3 is 29.6 Å². The highest BCUT2D eigenvalue weighted by atomic mass is 16.7. The number of carboxylic acids is 2. The first kappa shape index (κ1) is 54.5. The molecule has 374 valence electrons. The fourth-order valence-electron chi connectivity index (χ4n) is 8.21. The molecule has 3 aliphatic heterocycles. The summed E-state index contributed by atoms with van der Waals surface area (Å²) in [4.78, 5) is 93.9. The van der Waals surface area contributed by atoms with E-state index in [0.29, 0.717) is 19.3 Å². The van der Waals surface area contributed by atoms with Crippen LogP contribution in [0.3, 0.4) is 0 Å². The Labute approximate surface area is 386 Å². The summed E-state index contributed by atoms with van der Waals surface area (Å²) in [5.74, 6) is -6.03. The highest BCUT2D eigenvalue weighted by molar-refractivity contribution is 5.88. The van der Waals surface area contributed by atoms with Gasteiger partial charge in [0.05, 0.1) is 6.42 Å². The lowest BCUT2D eigenvalue weighted by atomic mass is 9.97. The largest absolute Gasteiger partial charge is 0.481 e. The van der Waals surface area contributed by atoms with Gasteiger partial charge in [-0.25, -0.2) is 9.59 Å². The average Bonchev–Trinajstić information content (AvgIpc) is 3.66. The summed E-state index contributed by atoms with van der Waals surface area (Å²) in [6.45, 7) is 2.82. The minimum Gasteiger partial charge on any atom is -0.481 e. The lowest BCUT2D eigenvalue weighted by Crippen LogP contribution is -2.59. The van der Waals surface area contributed by atoms with Crippen LogP contribution in [-0.2, 0) is 47.7 Å². The van der Waals surface area contributed by atoms with Crippen molar-refractivity contribution < 1.29 is 78.3 Å². The van der Waals surface area contributed by atoms with E-state index in [0.717, 1.165) is 41.6 Å². The van der Waals surface area contributed by atoms with Gasteiger partial charge in [0, 0.05) is 45.2 Å². The number of aliphatic hydroxyl groups is 4. The van der Waals surface area contributed by atoms with Crippen LogP contribution in [0.4, 0.5) is 0 Å². The number of nitrogens with one attached hydrogen (secondary N) is 1. The summed E-state index contributed by atoms with van der Waals surface area (Å²) in [7, 11) is 2.44. The maximum Gasteiger partial charge on any atom is 0.330 e. The van der Waals surface area contributed by atoms with Crippen molar-refractivity contribution in [2.45, 2.75) is 151 Å². The van der Waals surface area contributed by atoms with Gasteiger partial charge in [0.2, 0.25) is 5.91 Å². The van der Waals surface area contributed by atoms with E-state index in [9.17, 15) is 64.2 Å². The minimum absolute atomic E-state index is 0.180. The number of unbranched alkanes of at least 4 members (excludes halogenated alkanes) is 1. The number of allylic oxidation sites excluding steroid dienone is 6. The number of carboxylic acid groups (broad SMARTS) is 2. The Morgan fingerprint density at radius 1 is 0.896 bits per heavy atom. The molecule has 14 atom stereocenters. The molecule has 0 spiro atoms. The number of nitrogens with two attached hydrogens (primary N) is 1. The molecule has 0 saturated carbocycles. The number of aliphatic carboxylic acids is 2. The van der Waals surface area contributed by atoms with E-state index in [1.54, 1.807) is 6.92 Å². The van der Waals surface area contributed by atoms with Crippen LogP contribution < -0.4 is 17.0 Å². The third kappa shape index (κ3) is 14.9. The van der Waals surface area contributed by atoms with Crippen molar-refractivity contribution in [2.75, 3.05) is 27.2 Å². The molecule has 1 amide bonds. The number of aliphatic hydroxyl groups excluding tert-OH is 4. The molecule has 0 radical (unpaired) electrons. The predicted molar refractivity (Wildman–Crippen MR) is 234 cm³/mol. The zero-order valence-corrected chi connectivity index (χ0v) is 38.0. The Kier molecular flexibility index (Phi) is 21.0. The Bertz CT molecular complexity index is 2040. The summed E-state index contributed by atoms with van der Waals surface area (Å²) in [6, 6.07) is -2.59. The van der Waals surface area contributed by atoms with E-state index < -0.39 is 139 Å². The number of ether oxygens (including phenoxy) is 5. The summed E-state index contributed by atoms with van der Waals surface area (Å²) < 4.78 is 29.9. The van der Waals surface area contributed by atoms with Crippen LogP contribution >= 0.6 is 0 Å². The number of amides is 1. The first-order valence-corrected chi connectivity index (χ1v) is 22.2. The van der Waals surface area contributed by atoms with E-state index in [4.69, 9.17) is 29.4 Å². The van der Waals surface area contributed by atoms with Gasteiger partial charge in [-0.15, -0.1) is 0 Å². The molecule has 3 aliphatic rings. The van der Waals surface area contributed by atoms with Gasteiger partial charge in [-0.3, -0.25) is 38.4 Å². The van der Waals surface area contributed by atoms with Gasteiger partial charge in [0.1, 0.15) is 61.0 Å². The number of carbonyl (C=O) groups excluding carboxylic acids is 3. The summed E-state index contributed by atoms with van der Waals surface area (Å²) in [5, 5.41) is 63.8. The number of nitrogens with zero attached hydrogens (tertiary/aromatic N) is 3. The summed E-state index contributed by atoms with van der Waals surface area (Å²) in [5.41, 5.74) is 3.90. The Morgan fingerprint density at radius 2 is 1.57 bits per heavy atom. The fourth-order valence-corrected chi connectivity index (χ4v) is 8.21. The van der Waals surface area contributed by atoms with Crippen LogP contribution in [0.15, 0.2) is 58.3 Å². The molecule has 0 bridgehead atoms. The van der Waals surface area contributed by atoms with Crippen molar-refractivity contribution in [1.82, 2.24) is 19.4 Å². The molecule has 3 saturated heterocycles. The minimum atomic E-state index is -1.96. The molecule has 4 rings (SSSR count). The second kappa shape index (κ2) is 25.9. The first-order valence-electron chi connectivity index (χ1n) is 22.2. The average molecular weight is 952 g/mol. The maximum atomic E-state index is 14.5. The number of rotatable bonds is 24. The van der Waals surface area contributed by atoms with Crippen LogP contribution in [0, 0.1) is 5.92 Å². The topological polar surface area (TPSA) is 340 Å². The summed E-state index contributed by atoms with van der Waals surface area (Å²) >= 11 is 0. The summed E-state index contributed by atoms with van der Waals surface area (Å²) in [6.07, 6.45) is -2.37. The Balaban J connectivity index is 1.59. The van der Waals surface area contributed by atoms with Gasteiger partial charge in [-0.05, 0) is 51.5 Å². The van der Waals surface area contributed by atoms with Gasteiger partial charge in [-0.1, -0.05) is 50.3 Å². The van der Waals surface area contributed by atoms with E-state index in [2.05, 4.69) is 19.1 Å². The molecule has 9 N–H and O–H groups in total. The lowest BCUT2D eigenvalue weighted by Gasteiger charge is -2.38. The van der Waals surface area contributed by atoms with Gasteiger partial charge in [0.15, 0.2) is 18.6 Å². The number of carbonyl (C=O) groups is 5. The molecular formula is C44H65N5O18. The second-order valence-corrected chi connectivity index (χ2v) is 16.9. The molecule has 4 heterocycles. The number of hydrogen-bond donors (Lipinski definition) is 8.